The Morgan fingerprint density at radius 2 is 1.68 bits per heavy atom. The molecule has 2 bridgehead atoms. The highest BCUT2D eigenvalue weighted by Crippen LogP contribution is 2.47. The molecule has 2 aliphatic carbocycles. The Hall–Kier alpha value is -2.73. The number of carbonyl (C=O) groups excluding carboxylic acids is 2. The fraction of sp³-hybridized carbons (Fsp3) is 0.364. The molecule has 2 aromatic rings. The van der Waals surface area contributed by atoms with Gasteiger partial charge >= 0.3 is 0 Å². The fourth-order valence-corrected chi connectivity index (χ4v) is 4.54. The van der Waals surface area contributed by atoms with Crippen LogP contribution in [0.25, 0.3) is 0 Å². The number of amides is 2. The van der Waals surface area contributed by atoms with Crippen molar-refractivity contribution in [2.75, 3.05) is 5.32 Å². The van der Waals surface area contributed by atoms with Crippen LogP contribution in [0.15, 0.2) is 48.5 Å². The van der Waals surface area contributed by atoms with Crippen LogP contribution < -0.4 is 16.4 Å². The minimum absolute atomic E-state index is 0.0113. The molecule has 4 atom stereocenters. The summed E-state index contributed by atoms with van der Waals surface area (Å²) in [5.74, 6) is 0.246. The average molecular weight is 381 g/mol. The second kappa shape index (κ2) is 7.72. The molecule has 0 heterocycles. The van der Waals surface area contributed by atoms with Crippen LogP contribution in [0, 0.1) is 23.6 Å². The van der Waals surface area contributed by atoms with Crippen molar-refractivity contribution in [3.63, 3.8) is 0 Å². The molecule has 0 saturated heterocycles. The van der Waals surface area contributed by atoms with E-state index < -0.39 is 0 Å². The SMILES string of the molecule is NC1C2CCC(C2)C1C(=O)NCc1ccc(NC(=O)c2ccc(F)cc2)cc1. The lowest BCUT2D eigenvalue weighted by Crippen LogP contribution is -2.45. The van der Waals surface area contributed by atoms with E-state index in [9.17, 15) is 14.0 Å². The largest absolute Gasteiger partial charge is 0.352 e. The molecule has 0 aromatic heterocycles. The average Bonchev–Trinajstić information content (AvgIpc) is 3.29. The first-order chi connectivity index (χ1) is 13.5. The molecule has 28 heavy (non-hydrogen) atoms. The summed E-state index contributed by atoms with van der Waals surface area (Å²) in [5.41, 5.74) is 8.21. The third-order valence-electron chi connectivity index (χ3n) is 6.07. The third kappa shape index (κ3) is 3.78. The van der Waals surface area contributed by atoms with Gasteiger partial charge in [-0.1, -0.05) is 12.1 Å². The Morgan fingerprint density at radius 1 is 1.00 bits per heavy atom. The Labute approximate surface area is 163 Å². The number of benzene rings is 2. The van der Waals surface area contributed by atoms with E-state index >= 15 is 0 Å². The van der Waals surface area contributed by atoms with Gasteiger partial charge in [0.1, 0.15) is 5.82 Å². The fourth-order valence-electron chi connectivity index (χ4n) is 4.54. The highest BCUT2D eigenvalue weighted by Gasteiger charge is 2.48. The summed E-state index contributed by atoms with van der Waals surface area (Å²) in [6, 6.07) is 12.7. The molecule has 146 valence electrons. The Morgan fingerprint density at radius 3 is 2.32 bits per heavy atom. The summed E-state index contributed by atoms with van der Waals surface area (Å²) in [7, 11) is 0. The number of hydrogen-bond donors (Lipinski definition) is 3. The Kier molecular flexibility index (Phi) is 5.13. The molecule has 2 aromatic carbocycles. The Balaban J connectivity index is 1.30. The molecule has 6 heteroatoms. The molecule has 0 aliphatic heterocycles. The van der Waals surface area contributed by atoms with E-state index in [-0.39, 0.29) is 29.6 Å². The molecular formula is C22H24FN3O2. The quantitative estimate of drug-likeness (QED) is 0.744. The summed E-state index contributed by atoms with van der Waals surface area (Å²) in [6.07, 6.45) is 3.35. The van der Waals surface area contributed by atoms with Gasteiger partial charge in [-0.15, -0.1) is 0 Å². The number of nitrogens with two attached hydrogens (primary N) is 1. The molecular weight excluding hydrogens is 357 g/mol. The molecule has 2 saturated carbocycles. The van der Waals surface area contributed by atoms with Gasteiger partial charge in [-0.2, -0.15) is 0 Å². The van der Waals surface area contributed by atoms with Crippen LogP contribution in [-0.2, 0) is 11.3 Å². The summed E-state index contributed by atoms with van der Waals surface area (Å²) in [6.45, 7) is 0.436. The van der Waals surface area contributed by atoms with Crippen molar-refractivity contribution in [2.24, 2.45) is 23.5 Å². The van der Waals surface area contributed by atoms with Crippen LogP contribution in [-0.4, -0.2) is 17.9 Å². The van der Waals surface area contributed by atoms with Crippen LogP contribution in [0.1, 0.15) is 35.2 Å². The lowest BCUT2D eigenvalue weighted by atomic mass is 9.84. The van der Waals surface area contributed by atoms with Gasteiger partial charge in [0, 0.05) is 23.8 Å². The molecule has 5 nitrogen and oxygen atoms in total. The van der Waals surface area contributed by atoms with Crippen LogP contribution in [0.2, 0.25) is 0 Å². The van der Waals surface area contributed by atoms with Gasteiger partial charge in [-0.05, 0) is 73.1 Å². The zero-order valence-electron chi connectivity index (χ0n) is 15.5. The summed E-state index contributed by atoms with van der Waals surface area (Å²) >= 11 is 0. The lowest BCUT2D eigenvalue weighted by Gasteiger charge is -2.27. The second-order valence-corrected chi connectivity index (χ2v) is 7.81. The normalized spacial score (nSPS) is 25.5. The standard InChI is InChI=1S/C22H24FN3O2/c23-17-7-5-14(6-8-17)21(27)26-18-9-1-13(2-10-18)12-25-22(28)19-15-3-4-16(11-15)20(19)24/h1-2,5-10,15-16,19-20H,3-4,11-12,24H2,(H,25,28)(H,26,27). The van der Waals surface area contributed by atoms with Gasteiger partial charge in [0.25, 0.3) is 5.91 Å². The van der Waals surface area contributed by atoms with E-state index in [0.29, 0.717) is 29.6 Å². The first-order valence-corrected chi connectivity index (χ1v) is 9.70. The maximum Gasteiger partial charge on any atom is 0.255 e. The first-order valence-electron chi connectivity index (χ1n) is 9.70. The molecule has 4 N–H and O–H groups in total. The van der Waals surface area contributed by atoms with Gasteiger partial charge in [0.15, 0.2) is 0 Å². The van der Waals surface area contributed by atoms with Gasteiger partial charge in [-0.25, -0.2) is 4.39 Å². The molecule has 4 unspecified atom stereocenters. The number of anilines is 1. The van der Waals surface area contributed by atoms with Crippen molar-refractivity contribution in [1.29, 1.82) is 0 Å². The predicted molar refractivity (Wildman–Crippen MR) is 105 cm³/mol. The first kappa shape index (κ1) is 18.6. The second-order valence-electron chi connectivity index (χ2n) is 7.81. The van der Waals surface area contributed by atoms with Crippen molar-refractivity contribution in [1.82, 2.24) is 5.32 Å². The van der Waals surface area contributed by atoms with Crippen LogP contribution in [0.5, 0.6) is 0 Å². The topological polar surface area (TPSA) is 84.2 Å². The molecule has 2 aliphatic rings. The smallest absolute Gasteiger partial charge is 0.255 e. The van der Waals surface area contributed by atoms with E-state index in [2.05, 4.69) is 10.6 Å². The van der Waals surface area contributed by atoms with E-state index in [1.54, 1.807) is 12.1 Å². The number of nitrogens with one attached hydrogen (secondary N) is 2. The minimum atomic E-state index is -0.380. The maximum atomic E-state index is 12.9. The van der Waals surface area contributed by atoms with Gasteiger partial charge in [0.2, 0.25) is 5.91 Å². The van der Waals surface area contributed by atoms with Crippen molar-refractivity contribution in [2.45, 2.75) is 31.8 Å². The van der Waals surface area contributed by atoms with E-state index in [1.807, 2.05) is 12.1 Å². The maximum absolute atomic E-state index is 12.9. The lowest BCUT2D eigenvalue weighted by molar-refractivity contribution is -0.127. The van der Waals surface area contributed by atoms with Crippen LogP contribution in [0.4, 0.5) is 10.1 Å². The summed E-state index contributed by atoms with van der Waals surface area (Å²) < 4.78 is 12.9. The van der Waals surface area contributed by atoms with Crippen molar-refractivity contribution >= 4 is 17.5 Å². The van der Waals surface area contributed by atoms with Gasteiger partial charge in [0.05, 0.1) is 5.92 Å². The Bertz CT molecular complexity index is 864. The van der Waals surface area contributed by atoms with Gasteiger partial charge in [-0.3, -0.25) is 9.59 Å². The zero-order valence-corrected chi connectivity index (χ0v) is 15.5. The van der Waals surface area contributed by atoms with Crippen molar-refractivity contribution in [3.05, 3.63) is 65.5 Å². The highest BCUT2D eigenvalue weighted by molar-refractivity contribution is 6.04. The molecule has 2 amide bonds. The minimum Gasteiger partial charge on any atom is -0.352 e. The number of fused-ring (bicyclic) bond motifs is 2. The highest BCUT2D eigenvalue weighted by atomic mass is 19.1. The molecule has 2 fully saturated rings. The van der Waals surface area contributed by atoms with Crippen LogP contribution in [0.3, 0.4) is 0 Å². The molecule has 0 radical (unpaired) electrons. The van der Waals surface area contributed by atoms with Gasteiger partial charge < -0.3 is 16.4 Å². The van der Waals surface area contributed by atoms with E-state index in [0.717, 1.165) is 24.8 Å². The zero-order chi connectivity index (χ0) is 19.7. The van der Waals surface area contributed by atoms with E-state index in [4.69, 9.17) is 5.73 Å². The summed E-state index contributed by atoms with van der Waals surface area (Å²) in [4.78, 5) is 24.7. The number of halogens is 1. The van der Waals surface area contributed by atoms with Crippen molar-refractivity contribution < 1.29 is 14.0 Å². The monoisotopic (exact) mass is 381 g/mol. The van der Waals surface area contributed by atoms with Crippen LogP contribution >= 0.6 is 0 Å². The molecule has 4 rings (SSSR count). The summed E-state index contributed by atoms with van der Waals surface area (Å²) in [5, 5.41) is 5.78. The number of rotatable bonds is 5. The van der Waals surface area contributed by atoms with Crippen molar-refractivity contribution in [3.8, 4) is 0 Å². The van der Waals surface area contributed by atoms with E-state index in [1.165, 1.54) is 24.3 Å². The predicted octanol–water partition coefficient (Wildman–Crippen LogP) is 3.07. The number of hydrogen-bond acceptors (Lipinski definition) is 3. The molecule has 0 spiro atoms. The third-order valence-corrected chi connectivity index (χ3v) is 6.07. The number of carbonyl (C=O) groups is 2.